The monoisotopic (exact) mass is 281 g/mol. The first-order chi connectivity index (χ1) is 10.3. The third-order valence-corrected chi connectivity index (χ3v) is 3.13. The first kappa shape index (κ1) is 13.4. The molecule has 1 aromatic heterocycles. The number of fused-ring (bicyclic) bond motifs is 1. The number of methoxy groups -OCH3 is 1. The van der Waals surface area contributed by atoms with Crippen LogP contribution < -0.4 is 4.74 Å². The average Bonchev–Trinajstić information content (AvgIpc) is 2.52. The molecule has 1 heterocycles. The third kappa shape index (κ3) is 2.95. The van der Waals surface area contributed by atoms with Gasteiger partial charge in [0.2, 0.25) is 0 Å². The van der Waals surface area contributed by atoms with Crippen LogP contribution in [-0.2, 0) is 4.74 Å². The Bertz CT molecular complexity index is 771. The number of ether oxygens (including phenoxy) is 2. The molecule has 21 heavy (non-hydrogen) atoms. The van der Waals surface area contributed by atoms with Crippen molar-refractivity contribution in [2.24, 2.45) is 0 Å². The number of aromatic hydroxyl groups is 1. The van der Waals surface area contributed by atoms with Crippen LogP contribution in [0.4, 0.5) is 0 Å². The first-order valence-corrected chi connectivity index (χ1v) is 6.58. The van der Waals surface area contributed by atoms with Crippen molar-refractivity contribution in [2.75, 3.05) is 13.9 Å². The number of phenols is 1. The summed E-state index contributed by atoms with van der Waals surface area (Å²) >= 11 is 0. The van der Waals surface area contributed by atoms with Crippen molar-refractivity contribution in [1.82, 2.24) is 4.98 Å². The van der Waals surface area contributed by atoms with Crippen LogP contribution in [0.5, 0.6) is 11.5 Å². The Labute approximate surface area is 122 Å². The molecule has 3 aromatic rings. The summed E-state index contributed by atoms with van der Waals surface area (Å²) in [5, 5.41) is 10.9. The van der Waals surface area contributed by atoms with Gasteiger partial charge in [0.15, 0.2) is 6.79 Å². The van der Waals surface area contributed by atoms with Gasteiger partial charge in [0.1, 0.15) is 11.5 Å². The second kappa shape index (κ2) is 5.81. The van der Waals surface area contributed by atoms with Crippen molar-refractivity contribution in [1.29, 1.82) is 0 Å². The predicted molar refractivity (Wildman–Crippen MR) is 81.3 cm³/mol. The molecule has 4 nitrogen and oxygen atoms in total. The number of benzene rings is 2. The van der Waals surface area contributed by atoms with E-state index in [0.717, 1.165) is 22.2 Å². The Morgan fingerprint density at radius 1 is 1.05 bits per heavy atom. The summed E-state index contributed by atoms with van der Waals surface area (Å²) in [6.07, 6.45) is 0. The van der Waals surface area contributed by atoms with Crippen LogP contribution in [0.15, 0.2) is 54.6 Å². The minimum Gasteiger partial charge on any atom is -0.508 e. The van der Waals surface area contributed by atoms with Crippen molar-refractivity contribution < 1.29 is 14.6 Å². The highest BCUT2D eigenvalue weighted by Crippen LogP contribution is 2.29. The van der Waals surface area contributed by atoms with Gasteiger partial charge in [-0.05, 0) is 24.3 Å². The fraction of sp³-hybridized carbons (Fsp3) is 0.118. The molecule has 0 aliphatic heterocycles. The Hall–Kier alpha value is -2.59. The lowest BCUT2D eigenvalue weighted by atomic mass is 10.1. The van der Waals surface area contributed by atoms with Gasteiger partial charge in [-0.3, -0.25) is 0 Å². The molecule has 0 amide bonds. The predicted octanol–water partition coefficient (Wildman–Crippen LogP) is 3.59. The van der Waals surface area contributed by atoms with E-state index in [9.17, 15) is 5.11 Å². The molecule has 0 fully saturated rings. The van der Waals surface area contributed by atoms with E-state index >= 15 is 0 Å². The molecule has 0 saturated carbocycles. The first-order valence-electron chi connectivity index (χ1n) is 6.58. The second-order valence-corrected chi connectivity index (χ2v) is 4.66. The van der Waals surface area contributed by atoms with Gasteiger partial charge in [-0.2, -0.15) is 0 Å². The van der Waals surface area contributed by atoms with Gasteiger partial charge < -0.3 is 14.6 Å². The minimum atomic E-state index is 0.133. The van der Waals surface area contributed by atoms with Crippen LogP contribution >= 0.6 is 0 Å². The van der Waals surface area contributed by atoms with Crippen LogP contribution in [0.2, 0.25) is 0 Å². The van der Waals surface area contributed by atoms with Crippen molar-refractivity contribution in [3.8, 4) is 22.8 Å². The number of para-hydroxylation sites is 1. The smallest absolute Gasteiger partial charge is 0.188 e. The minimum absolute atomic E-state index is 0.133. The highest BCUT2D eigenvalue weighted by atomic mass is 16.7. The number of hydrogen-bond acceptors (Lipinski definition) is 4. The molecule has 4 heteroatoms. The van der Waals surface area contributed by atoms with Gasteiger partial charge in [-0.25, -0.2) is 4.98 Å². The van der Waals surface area contributed by atoms with E-state index in [1.54, 1.807) is 19.2 Å². The summed E-state index contributed by atoms with van der Waals surface area (Å²) in [6.45, 7) is 0.133. The zero-order chi connectivity index (χ0) is 14.7. The van der Waals surface area contributed by atoms with E-state index in [2.05, 4.69) is 4.98 Å². The number of aromatic nitrogens is 1. The fourth-order valence-electron chi connectivity index (χ4n) is 2.17. The molecule has 0 radical (unpaired) electrons. The molecular weight excluding hydrogens is 266 g/mol. The standard InChI is InChI=1S/C17H15NO3/c1-20-11-21-15-9-13(8-14(19)10-15)17-7-6-12-4-2-3-5-16(12)18-17/h2-10,19H,11H2,1H3. The summed E-state index contributed by atoms with van der Waals surface area (Å²) < 4.78 is 10.2. The summed E-state index contributed by atoms with van der Waals surface area (Å²) in [6, 6.07) is 16.9. The topological polar surface area (TPSA) is 51.6 Å². The average molecular weight is 281 g/mol. The van der Waals surface area contributed by atoms with Crippen LogP contribution in [0.3, 0.4) is 0 Å². The molecular formula is C17H15NO3. The molecule has 106 valence electrons. The molecule has 1 N–H and O–H groups in total. The van der Waals surface area contributed by atoms with Crippen LogP contribution in [0, 0.1) is 0 Å². The Morgan fingerprint density at radius 3 is 2.76 bits per heavy atom. The molecule has 0 aliphatic carbocycles. The molecule has 0 bridgehead atoms. The van der Waals surface area contributed by atoms with E-state index < -0.39 is 0 Å². The lowest BCUT2D eigenvalue weighted by Gasteiger charge is -2.08. The summed E-state index contributed by atoms with van der Waals surface area (Å²) in [5.74, 6) is 0.676. The SMILES string of the molecule is COCOc1cc(O)cc(-c2ccc3ccccc3n2)c1. The van der Waals surface area contributed by atoms with E-state index in [0.29, 0.717) is 5.75 Å². The van der Waals surface area contributed by atoms with E-state index in [1.165, 1.54) is 0 Å². The van der Waals surface area contributed by atoms with E-state index in [4.69, 9.17) is 9.47 Å². The van der Waals surface area contributed by atoms with Gasteiger partial charge in [0.25, 0.3) is 0 Å². The third-order valence-electron chi connectivity index (χ3n) is 3.13. The van der Waals surface area contributed by atoms with Crippen LogP contribution in [0.25, 0.3) is 22.2 Å². The number of pyridine rings is 1. The van der Waals surface area contributed by atoms with Gasteiger partial charge >= 0.3 is 0 Å². The maximum Gasteiger partial charge on any atom is 0.188 e. The van der Waals surface area contributed by atoms with Crippen molar-refractivity contribution in [3.63, 3.8) is 0 Å². The maximum absolute atomic E-state index is 9.82. The Morgan fingerprint density at radius 2 is 1.90 bits per heavy atom. The number of nitrogens with zero attached hydrogens (tertiary/aromatic N) is 1. The summed E-state index contributed by atoms with van der Waals surface area (Å²) in [4.78, 5) is 4.61. The zero-order valence-corrected chi connectivity index (χ0v) is 11.6. The van der Waals surface area contributed by atoms with Gasteiger partial charge in [-0.15, -0.1) is 0 Å². The molecule has 3 rings (SSSR count). The van der Waals surface area contributed by atoms with Crippen molar-refractivity contribution >= 4 is 10.9 Å². The zero-order valence-electron chi connectivity index (χ0n) is 11.6. The normalized spacial score (nSPS) is 10.7. The fourth-order valence-corrected chi connectivity index (χ4v) is 2.17. The lowest BCUT2D eigenvalue weighted by Crippen LogP contribution is -1.98. The molecule has 0 saturated heterocycles. The van der Waals surface area contributed by atoms with Crippen molar-refractivity contribution in [2.45, 2.75) is 0 Å². The van der Waals surface area contributed by atoms with Gasteiger partial charge in [-0.1, -0.05) is 24.3 Å². The highest BCUT2D eigenvalue weighted by molar-refractivity contribution is 5.81. The quantitative estimate of drug-likeness (QED) is 0.742. The van der Waals surface area contributed by atoms with Crippen LogP contribution in [-0.4, -0.2) is 24.0 Å². The highest BCUT2D eigenvalue weighted by Gasteiger charge is 2.06. The molecule has 0 unspecified atom stereocenters. The second-order valence-electron chi connectivity index (χ2n) is 4.66. The Kier molecular flexibility index (Phi) is 3.71. The largest absolute Gasteiger partial charge is 0.508 e. The molecule has 0 spiro atoms. The van der Waals surface area contributed by atoms with Gasteiger partial charge in [0, 0.05) is 24.1 Å². The van der Waals surface area contributed by atoms with Crippen LogP contribution in [0.1, 0.15) is 0 Å². The number of phenolic OH excluding ortho intramolecular Hbond substituents is 1. The Balaban J connectivity index is 2.02. The summed E-state index contributed by atoms with van der Waals surface area (Å²) in [5.41, 5.74) is 2.50. The van der Waals surface area contributed by atoms with Crippen molar-refractivity contribution in [3.05, 3.63) is 54.6 Å². The molecule has 0 aliphatic rings. The molecule has 0 atom stereocenters. The van der Waals surface area contributed by atoms with E-state index in [-0.39, 0.29) is 12.5 Å². The van der Waals surface area contributed by atoms with Gasteiger partial charge in [0.05, 0.1) is 11.2 Å². The number of hydrogen-bond donors (Lipinski definition) is 1. The summed E-state index contributed by atoms with van der Waals surface area (Å²) in [7, 11) is 1.55. The molecule has 2 aromatic carbocycles. The maximum atomic E-state index is 9.82. The van der Waals surface area contributed by atoms with E-state index in [1.807, 2.05) is 42.5 Å². The number of rotatable bonds is 4. The lowest BCUT2D eigenvalue weighted by molar-refractivity contribution is 0.0510.